The summed E-state index contributed by atoms with van der Waals surface area (Å²) in [5, 5.41) is 16.2. The minimum atomic E-state index is -3.59. The number of aryl methyl sites for hydroxylation is 1. The maximum atomic E-state index is 12.5. The molecule has 2 aromatic carbocycles. The van der Waals surface area contributed by atoms with Crippen molar-refractivity contribution in [1.29, 1.82) is 0 Å². The zero-order valence-electron chi connectivity index (χ0n) is 18.5. The van der Waals surface area contributed by atoms with E-state index in [-0.39, 0.29) is 11.4 Å². The van der Waals surface area contributed by atoms with Crippen LogP contribution in [0.2, 0.25) is 0 Å². The molecule has 0 aliphatic heterocycles. The summed E-state index contributed by atoms with van der Waals surface area (Å²) in [5.41, 5.74) is 2.59. The van der Waals surface area contributed by atoms with Gasteiger partial charge < -0.3 is 10.1 Å². The summed E-state index contributed by atoms with van der Waals surface area (Å²) in [4.78, 5) is 0.244. The summed E-state index contributed by atoms with van der Waals surface area (Å²) in [6.45, 7) is 2.71. The van der Waals surface area contributed by atoms with Crippen LogP contribution in [0.4, 0.5) is 5.82 Å². The van der Waals surface area contributed by atoms with E-state index in [1.54, 1.807) is 29.8 Å². The number of para-hydroxylation sites is 1. The number of ether oxygens (including phenoxy) is 1. The number of aromatic nitrogens is 4. The Morgan fingerprint density at radius 1 is 0.970 bits per heavy atom. The number of fused-ring (bicyclic) bond motifs is 1. The highest BCUT2D eigenvalue weighted by atomic mass is 32.2. The third kappa shape index (κ3) is 5.47. The Bertz CT molecular complexity index is 1350. The Balaban J connectivity index is 1.38. The smallest absolute Gasteiger partial charge is 0.240 e. The van der Waals surface area contributed by atoms with E-state index in [4.69, 9.17) is 4.74 Å². The highest BCUT2D eigenvalue weighted by molar-refractivity contribution is 7.89. The van der Waals surface area contributed by atoms with E-state index >= 15 is 0 Å². The van der Waals surface area contributed by atoms with Crippen molar-refractivity contribution in [3.05, 3.63) is 77.6 Å². The van der Waals surface area contributed by atoms with Crippen LogP contribution in [0.3, 0.4) is 0 Å². The molecule has 0 radical (unpaired) electrons. The van der Waals surface area contributed by atoms with Gasteiger partial charge in [-0.1, -0.05) is 30.3 Å². The minimum Gasteiger partial charge on any atom is -0.496 e. The molecule has 0 aliphatic rings. The molecule has 4 aromatic rings. The first-order valence-corrected chi connectivity index (χ1v) is 12.1. The van der Waals surface area contributed by atoms with Gasteiger partial charge in [0.15, 0.2) is 11.5 Å². The van der Waals surface area contributed by atoms with Crippen LogP contribution >= 0.6 is 0 Å². The van der Waals surface area contributed by atoms with E-state index < -0.39 is 10.0 Å². The zero-order chi connectivity index (χ0) is 23.3. The predicted molar refractivity (Wildman–Crippen MR) is 126 cm³/mol. The van der Waals surface area contributed by atoms with Crippen molar-refractivity contribution in [2.75, 3.05) is 25.5 Å². The average Bonchev–Trinajstić information content (AvgIpc) is 3.21. The van der Waals surface area contributed by atoms with Crippen molar-refractivity contribution >= 4 is 21.5 Å². The van der Waals surface area contributed by atoms with Crippen LogP contribution in [0.25, 0.3) is 5.65 Å². The van der Waals surface area contributed by atoms with E-state index in [2.05, 4.69) is 25.3 Å². The lowest BCUT2D eigenvalue weighted by Crippen LogP contribution is -2.26. The molecule has 2 N–H and O–H groups in total. The lowest BCUT2D eigenvalue weighted by atomic mass is 10.1. The minimum absolute atomic E-state index is 0.185. The first kappa shape index (κ1) is 22.7. The van der Waals surface area contributed by atoms with Crippen LogP contribution in [0, 0.1) is 6.92 Å². The van der Waals surface area contributed by atoms with Crippen molar-refractivity contribution in [1.82, 2.24) is 24.5 Å². The molecule has 0 bridgehead atoms. The number of nitrogens with one attached hydrogen (secondary N) is 2. The number of anilines is 1. The van der Waals surface area contributed by atoms with Crippen LogP contribution in [-0.2, 0) is 22.9 Å². The van der Waals surface area contributed by atoms with Crippen molar-refractivity contribution in [2.45, 2.75) is 24.7 Å². The van der Waals surface area contributed by atoms with Crippen molar-refractivity contribution < 1.29 is 13.2 Å². The van der Waals surface area contributed by atoms with Gasteiger partial charge in [0.2, 0.25) is 10.0 Å². The number of nitrogens with zero attached hydrogens (tertiary/aromatic N) is 4. The van der Waals surface area contributed by atoms with Gasteiger partial charge in [0.25, 0.3) is 0 Å². The fourth-order valence-corrected chi connectivity index (χ4v) is 4.62. The van der Waals surface area contributed by atoms with E-state index in [0.717, 1.165) is 23.3 Å². The van der Waals surface area contributed by atoms with Crippen LogP contribution < -0.4 is 14.8 Å². The molecule has 4 rings (SSSR count). The second kappa shape index (κ2) is 9.97. The summed E-state index contributed by atoms with van der Waals surface area (Å²) >= 11 is 0. The molecule has 0 aliphatic carbocycles. The summed E-state index contributed by atoms with van der Waals surface area (Å²) in [7, 11) is -1.93. The van der Waals surface area contributed by atoms with E-state index in [9.17, 15) is 8.42 Å². The summed E-state index contributed by atoms with van der Waals surface area (Å²) in [6.07, 6.45) is 1.13. The molecule has 0 fully saturated rings. The Kier molecular flexibility index (Phi) is 6.85. The van der Waals surface area contributed by atoms with Crippen LogP contribution in [0.1, 0.15) is 17.0 Å². The molecule has 0 unspecified atom stereocenters. The quantitative estimate of drug-likeness (QED) is 0.370. The highest BCUT2D eigenvalue weighted by Crippen LogP contribution is 2.18. The maximum Gasteiger partial charge on any atom is 0.240 e. The Morgan fingerprint density at radius 2 is 1.82 bits per heavy atom. The van der Waals surface area contributed by atoms with Crippen molar-refractivity contribution in [3.63, 3.8) is 0 Å². The van der Waals surface area contributed by atoms with E-state index in [0.29, 0.717) is 30.3 Å². The summed E-state index contributed by atoms with van der Waals surface area (Å²) in [5.74, 6) is 2.11. The van der Waals surface area contributed by atoms with Gasteiger partial charge in [0, 0.05) is 19.5 Å². The van der Waals surface area contributed by atoms with Gasteiger partial charge in [-0.25, -0.2) is 13.1 Å². The molecule has 0 atom stereocenters. The SMILES string of the molecule is COc1ccccc1CCNc1ccc2nnc(CCNS(=O)(=O)c3cccc(C)c3)n2n1. The van der Waals surface area contributed by atoms with Gasteiger partial charge in [-0.15, -0.1) is 15.3 Å². The van der Waals surface area contributed by atoms with E-state index in [1.807, 2.05) is 49.4 Å². The number of sulfonamides is 1. The topological polar surface area (TPSA) is 111 Å². The second-order valence-corrected chi connectivity index (χ2v) is 9.32. The average molecular weight is 467 g/mol. The van der Waals surface area contributed by atoms with Gasteiger partial charge >= 0.3 is 0 Å². The van der Waals surface area contributed by atoms with Gasteiger partial charge in [-0.2, -0.15) is 4.52 Å². The molecule has 0 amide bonds. The Morgan fingerprint density at radius 3 is 2.64 bits per heavy atom. The van der Waals surface area contributed by atoms with Crippen LogP contribution in [-0.4, -0.2) is 48.4 Å². The Labute approximate surface area is 192 Å². The van der Waals surface area contributed by atoms with Crippen molar-refractivity contribution in [3.8, 4) is 5.75 Å². The standard InChI is InChI=1S/C23H26N6O3S/c1-17-6-5-8-19(16-17)33(30,31)25-15-13-23-27-26-22-11-10-21(28-29(22)23)24-14-12-18-7-3-4-9-20(18)32-2/h3-11,16,25H,12-15H2,1-2H3,(H,24,28). The maximum absolute atomic E-state index is 12.5. The molecule has 10 heteroatoms. The first-order chi connectivity index (χ1) is 16.0. The number of hydrogen-bond acceptors (Lipinski definition) is 7. The Hall–Kier alpha value is -3.50. The molecule has 0 spiro atoms. The summed E-state index contributed by atoms with van der Waals surface area (Å²) < 4.78 is 34.7. The number of hydrogen-bond donors (Lipinski definition) is 2. The fraction of sp³-hybridized carbons (Fsp3) is 0.261. The number of rotatable bonds is 10. The number of methoxy groups -OCH3 is 1. The molecular formula is C23H26N6O3S. The molecular weight excluding hydrogens is 440 g/mol. The predicted octanol–water partition coefficient (Wildman–Crippen LogP) is 2.62. The molecule has 172 valence electrons. The van der Waals surface area contributed by atoms with Crippen LogP contribution in [0.15, 0.2) is 65.6 Å². The second-order valence-electron chi connectivity index (χ2n) is 7.56. The van der Waals surface area contributed by atoms with Gasteiger partial charge in [-0.3, -0.25) is 0 Å². The molecule has 9 nitrogen and oxygen atoms in total. The van der Waals surface area contributed by atoms with E-state index in [1.165, 1.54) is 0 Å². The monoisotopic (exact) mass is 466 g/mol. The highest BCUT2D eigenvalue weighted by Gasteiger charge is 2.15. The van der Waals surface area contributed by atoms with Gasteiger partial charge in [-0.05, 0) is 54.8 Å². The first-order valence-electron chi connectivity index (χ1n) is 10.6. The third-order valence-corrected chi connectivity index (χ3v) is 6.62. The third-order valence-electron chi connectivity index (χ3n) is 5.16. The van der Waals surface area contributed by atoms with Gasteiger partial charge in [0.1, 0.15) is 11.6 Å². The van der Waals surface area contributed by atoms with Crippen LogP contribution in [0.5, 0.6) is 5.75 Å². The lowest BCUT2D eigenvalue weighted by Gasteiger charge is -2.10. The summed E-state index contributed by atoms with van der Waals surface area (Å²) in [6, 6.07) is 18.4. The zero-order valence-corrected chi connectivity index (χ0v) is 19.3. The molecule has 2 aromatic heterocycles. The molecule has 33 heavy (non-hydrogen) atoms. The normalized spacial score (nSPS) is 11.6. The largest absolute Gasteiger partial charge is 0.496 e. The van der Waals surface area contributed by atoms with Crippen molar-refractivity contribution in [2.24, 2.45) is 0 Å². The fourth-order valence-electron chi connectivity index (χ4n) is 3.48. The molecule has 0 saturated heterocycles. The number of benzene rings is 2. The lowest BCUT2D eigenvalue weighted by molar-refractivity contribution is 0.410. The molecule has 0 saturated carbocycles. The van der Waals surface area contributed by atoms with Gasteiger partial charge in [0.05, 0.1) is 12.0 Å². The molecule has 2 heterocycles.